The molecule has 30 heavy (non-hydrogen) atoms. The first-order chi connectivity index (χ1) is 14.6. The number of rotatable bonds is 7. The molecule has 0 aliphatic carbocycles. The summed E-state index contributed by atoms with van der Waals surface area (Å²) < 4.78 is 7.47. The van der Waals surface area contributed by atoms with Crippen molar-refractivity contribution in [3.05, 3.63) is 65.0 Å². The quantitative estimate of drug-likeness (QED) is 0.639. The second-order valence-electron chi connectivity index (χ2n) is 8.09. The molecule has 1 aromatic carbocycles. The van der Waals surface area contributed by atoms with Gasteiger partial charge in [0.25, 0.3) is 0 Å². The van der Waals surface area contributed by atoms with Crippen LogP contribution in [0, 0.1) is 6.92 Å². The summed E-state index contributed by atoms with van der Waals surface area (Å²) in [6, 6.07) is 9.76. The number of aromatic nitrogens is 2. The molecule has 0 bridgehead atoms. The molecular weight excluding hydrogens is 378 g/mol. The van der Waals surface area contributed by atoms with Gasteiger partial charge in [-0.3, -0.25) is 4.90 Å². The van der Waals surface area contributed by atoms with E-state index in [4.69, 9.17) is 4.74 Å². The lowest BCUT2D eigenvalue weighted by Gasteiger charge is -2.32. The summed E-state index contributed by atoms with van der Waals surface area (Å²) in [6.07, 6.45) is 6.30. The van der Waals surface area contributed by atoms with Gasteiger partial charge in [0.15, 0.2) is 0 Å². The average Bonchev–Trinajstić information content (AvgIpc) is 3.13. The molecule has 6 nitrogen and oxygen atoms in total. The van der Waals surface area contributed by atoms with Crippen LogP contribution in [0.2, 0.25) is 0 Å². The molecule has 2 aromatic heterocycles. The number of benzene rings is 1. The number of carboxylic acids is 1. The molecule has 0 spiro atoms. The summed E-state index contributed by atoms with van der Waals surface area (Å²) in [6.45, 7) is 6.21. The van der Waals surface area contributed by atoms with Crippen LogP contribution in [0.1, 0.15) is 45.8 Å². The maximum Gasteiger partial charge on any atom is 0.335 e. The number of ether oxygens (including phenoxy) is 1. The second-order valence-corrected chi connectivity index (χ2v) is 8.09. The molecule has 1 fully saturated rings. The molecule has 0 amide bonds. The van der Waals surface area contributed by atoms with Crippen LogP contribution in [0.25, 0.3) is 11.0 Å². The fourth-order valence-electron chi connectivity index (χ4n) is 4.56. The summed E-state index contributed by atoms with van der Waals surface area (Å²) in [4.78, 5) is 18.5. The van der Waals surface area contributed by atoms with Crippen molar-refractivity contribution >= 4 is 17.0 Å². The molecule has 6 heteroatoms. The minimum Gasteiger partial charge on any atom is -0.478 e. The minimum atomic E-state index is -0.855. The Balaban J connectivity index is 1.47. The summed E-state index contributed by atoms with van der Waals surface area (Å²) in [5.41, 5.74) is 4.80. The van der Waals surface area contributed by atoms with E-state index in [2.05, 4.69) is 26.7 Å². The van der Waals surface area contributed by atoms with Gasteiger partial charge in [-0.1, -0.05) is 12.1 Å². The Morgan fingerprint density at radius 3 is 2.77 bits per heavy atom. The van der Waals surface area contributed by atoms with E-state index in [1.165, 1.54) is 10.9 Å². The zero-order chi connectivity index (χ0) is 21.1. The van der Waals surface area contributed by atoms with Crippen LogP contribution in [-0.4, -0.2) is 52.3 Å². The number of piperidine rings is 1. The second kappa shape index (κ2) is 8.98. The molecule has 4 rings (SSSR count). The largest absolute Gasteiger partial charge is 0.478 e. The van der Waals surface area contributed by atoms with Gasteiger partial charge in [0.05, 0.1) is 12.2 Å². The highest BCUT2D eigenvalue weighted by Gasteiger charge is 2.24. The number of nitrogens with zero attached hydrogens (tertiary/aromatic N) is 3. The van der Waals surface area contributed by atoms with Gasteiger partial charge in [0, 0.05) is 38.0 Å². The fraction of sp³-hybridized carbons (Fsp3) is 0.417. The van der Waals surface area contributed by atoms with Crippen molar-refractivity contribution in [1.29, 1.82) is 0 Å². The fourth-order valence-corrected chi connectivity index (χ4v) is 4.56. The molecule has 0 atom stereocenters. The van der Waals surface area contributed by atoms with Crippen LogP contribution in [0.3, 0.4) is 0 Å². The Morgan fingerprint density at radius 2 is 2.03 bits per heavy atom. The van der Waals surface area contributed by atoms with E-state index in [0.29, 0.717) is 18.1 Å². The topological polar surface area (TPSA) is 67.6 Å². The van der Waals surface area contributed by atoms with E-state index in [0.717, 1.165) is 55.8 Å². The van der Waals surface area contributed by atoms with Gasteiger partial charge in [-0.2, -0.15) is 0 Å². The van der Waals surface area contributed by atoms with Crippen LogP contribution >= 0.6 is 0 Å². The number of hydrogen-bond acceptors (Lipinski definition) is 4. The lowest BCUT2D eigenvalue weighted by Crippen LogP contribution is -2.32. The number of likely N-dealkylation sites (tertiary alicyclic amines) is 1. The van der Waals surface area contributed by atoms with E-state index in [1.807, 2.05) is 31.3 Å². The van der Waals surface area contributed by atoms with Crippen LogP contribution in [0.5, 0.6) is 0 Å². The zero-order valence-corrected chi connectivity index (χ0v) is 17.7. The smallest absolute Gasteiger partial charge is 0.335 e. The van der Waals surface area contributed by atoms with Crippen LogP contribution in [-0.2, 0) is 17.8 Å². The molecule has 3 heterocycles. The van der Waals surface area contributed by atoms with Crippen molar-refractivity contribution in [2.45, 2.75) is 38.8 Å². The Labute approximate surface area is 177 Å². The van der Waals surface area contributed by atoms with Gasteiger partial charge in [-0.25, -0.2) is 9.78 Å². The molecule has 1 aliphatic rings. The molecule has 0 saturated carbocycles. The number of carboxylic acid groups (broad SMARTS) is 1. The van der Waals surface area contributed by atoms with Crippen molar-refractivity contribution in [3.8, 4) is 0 Å². The van der Waals surface area contributed by atoms with E-state index in [-0.39, 0.29) is 0 Å². The van der Waals surface area contributed by atoms with Crippen LogP contribution in [0.4, 0.5) is 0 Å². The van der Waals surface area contributed by atoms with Crippen molar-refractivity contribution < 1.29 is 14.6 Å². The summed E-state index contributed by atoms with van der Waals surface area (Å²) in [5, 5.41) is 10.6. The van der Waals surface area contributed by atoms with Crippen molar-refractivity contribution in [3.63, 3.8) is 0 Å². The summed E-state index contributed by atoms with van der Waals surface area (Å²) in [7, 11) is 1.73. The Bertz CT molecular complexity index is 1040. The maximum absolute atomic E-state index is 11.4. The number of fused-ring (bicyclic) bond motifs is 1. The van der Waals surface area contributed by atoms with Crippen molar-refractivity contribution in [2.75, 3.05) is 26.8 Å². The normalized spacial score (nSPS) is 15.7. The van der Waals surface area contributed by atoms with Crippen molar-refractivity contribution in [2.24, 2.45) is 0 Å². The molecule has 0 unspecified atom stereocenters. The molecule has 3 aromatic rings. The highest BCUT2D eigenvalue weighted by Crippen LogP contribution is 2.34. The third-order valence-electron chi connectivity index (χ3n) is 6.30. The maximum atomic E-state index is 11.4. The highest BCUT2D eigenvalue weighted by atomic mass is 16.5. The number of pyridine rings is 1. The number of hydrogen-bond donors (Lipinski definition) is 1. The monoisotopic (exact) mass is 407 g/mol. The first kappa shape index (κ1) is 20.6. The third kappa shape index (κ3) is 4.11. The van der Waals surface area contributed by atoms with Gasteiger partial charge in [0.2, 0.25) is 0 Å². The first-order valence-corrected chi connectivity index (χ1v) is 10.5. The zero-order valence-electron chi connectivity index (χ0n) is 17.7. The van der Waals surface area contributed by atoms with E-state index in [9.17, 15) is 9.90 Å². The first-order valence-electron chi connectivity index (χ1n) is 10.5. The average molecular weight is 408 g/mol. The predicted octanol–water partition coefficient (Wildman–Crippen LogP) is 4.07. The Kier molecular flexibility index (Phi) is 6.16. The number of aromatic carboxylic acids is 1. The molecule has 158 valence electrons. The number of carbonyl (C=O) groups is 1. The Morgan fingerprint density at radius 1 is 1.23 bits per heavy atom. The number of methoxy groups -OCH3 is 1. The van der Waals surface area contributed by atoms with Gasteiger partial charge < -0.3 is 14.4 Å². The third-order valence-corrected chi connectivity index (χ3v) is 6.30. The van der Waals surface area contributed by atoms with Crippen LogP contribution < -0.4 is 0 Å². The van der Waals surface area contributed by atoms with Gasteiger partial charge >= 0.3 is 5.97 Å². The molecule has 1 saturated heterocycles. The van der Waals surface area contributed by atoms with Gasteiger partial charge in [0.1, 0.15) is 5.65 Å². The highest BCUT2D eigenvalue weighted by molar-refractivity contribution is 5.89. The van der Waals surface area contributed by atoms with E-state index < -0.39 is 5.97 Å². The predicted molar refractivity (Wildman–Crippen MR) is 117 cm³/mol. The summed E-state index contributed by atoms with van der Waals surface area (Å²) in [5.74, 6) is -0.338. The van der Waals surface area contributed by atoms with Gasteiger partial charge in [-0.15, -0.1) is 0 Å². The molecule has 1 N–H and O–H groups in total. The van der Waals surface area contributed by atoms with E-state index >= 15 is 0 Å². The van der Waals surface area contributed by atoms with Crippen molar-refractivity contribution in [1.82, 2.24) is 14.5 Å². The molecule has 0 radical (unpaired) electrons. The lowest BCUT2D eigenvalue weighted by molar-refractivity contribution is 0.0696. The standard InChI is InChI=1S/C24H29N3O3/c1-17-19(5-3-6-20(17)24(28)29)15-26-11-8-18(9-12-26)22-16-27(13-14-30-2)23-21(22)7-4-10-25-23/h3-7,10,16,18H,8-9,11-15H2,1-2H3,(H,28,29). The molecular formula is C24H29N3O3. The van der Waals surface area contributed by atoms with E-state index in [1.54, 1.807) is 13.2 Å². The van der Waals surface area contributed by atoms with Gasteiger partial charge in [-0.05, 0) is 73.7 Å². The molecule has 1 aliphatic heterocycles. The SMILES string of the molecule is COCCn1cc(C2CCN(Cc3cccc(C(=O)O)c3C)CC2)c2cccnc21. The Hall–Kier alpha value is -2.70. The lowest BCUT2D eigenvalue weighted by atomic mass is 9.89. The summed E-state index contributed by atoms with van der Waals surface area (Å²) >= 11 is 0. The van der Waals surface area contributed by atoms with Crippen LogP contribution in [0.15, 0.2) is 42.7 Å². The minimum absolute atomic E-state index is 0.402.